The summed E-state index contributed by atoms with van der Waals surface area (Å²) < 4.78 is 6.05. The first-order chi connectivity index (χ1) is 5.33. The quantitative estimate of drug-likeness (QED) is 0.617. The molecule has 0 radical (unpaired) electrons. The molecule has 1 heterocycles. The molecule has 1 aliphatic rings. The summed E-state index contributed by atoms with van der Waals surface area (Å²) in [6.45, 7) is 11.2. The highest BCUT2D eigenvalue weighted by Crippen LogP contribution is 2.40. The van der Waals surface area contributed by atoms with Crippen molar-refractivity contribution < 1.29 is 4.74 Å². The number of hydrogen-bond acceptors (Lipinski definition) is 1. The van der Waals surface area contributed by atoms with E-state index in [1.807, 2.05) is 0 Å². The fraction of sp³-hybridized carbons (Fsp3) is 1.00. The van der Waals surface area contributed by atoms with Gasteiger partial charge in [0, 0.05) is 0 Å². The molecule has 1 aliphatic heterocycles. The van der Waals surface area contributed by atoms with Crippen molar-refractivity contribution in [3.05, 3.63) is 0 Å². The van der Waals surface area contributed by atoms with Crippen LogP contribution in [0.15, 0.2) is 0 Å². The molecular formula is C11H22O. The number of ether oxygens (including phenoxy) is 1. The van der Waals surface area contributed by atoms with Gasteiger partial charge in [0.05, 0.1) is 11.2 Å². The molecule has 0 aromatic carbocycles. The van der Waals surface area contributed by atoms with Crippen LogP contribution in [0.1, 0.15) is 53.9 Å². The average Bonchev–Trinajstić information content (AvgIpc) is 2.03. The van der Waals surface area contributed by atoms with E-state index in [1.165, 1.54) is 19.3 Å². The van der Waals surface area contributed by atoms with Gasteiger partial charge in [-0.2, -0.15) is 0 Å². The van der Waals surface area contributed by atoms with Gasteiger partial charge in [0.25, 0.3) is 0 Å². The van der Waals surface area contributed by atoms with Crippen LogP contribution in [0.3, 0.4) is 0 Å². The van der Waals surface area contributed by atoms with Gasteiger partial charge in [-0.25, -0.2) is 0 Å². The maximum atomic E-state index is 6.05. The van der Waals surface area contributed by atoms with Crippen LogP contribution in [0.5, 0.6) is 0 Å². The van der Waals surface area contributed by atoms with Crippen LogP contribution >= 0.6 is 0 Å². The SMILES string of the molecule is CC(C)CC1(C)CCC(C)(C)O1. The van der Waals surface area contributed by atoms with Gasteiger partial charge in [0.1, 0.15) is 0 Å². The van der Waals surface area contributed by atoms with Crippen LogP contribution in [-0.4, -0.2) is 11.2 Å². The normalized spacial score (nSPS) is 34.5. The Balaban J connectivity index is 2.53. The van der Waals surface area contributed by atoms with E-state index in [1.54, 1.807) is 0 Å². The van der Waals surface area contributed by atoms with Crippen LogP contribution < -0.4 is 0 Å². The second-order valence-corrected chi connectivity index (χ2v) is 5.41. The van der Waals surface area contributed by atoms with Crippen molar-refractivity contribution in [2.75, 3.05) is 0 Å². The van der Waals surface area contributed by atoms with Crippen LogP contribution in [0.2, 0.25) is 0 Å². The summed E-state index contributed by atoms with van der Waals surface area (Å²) in [6.07, 6.45) is 3.62. The molecule has 1 atom stereocenters. The van der Waals surface area contributed by atoms with E-state index in [-0.39, 0.29) is 11.2 Å². The molecule has 1 saturated heterocycles. The maximum Gasteiger partial charge on any atom is 0.0665 e. The third kappa shape index (κ3) is 2.48. The van der Waals surface area contributed by atoms with Crippen molar-refractivity contribution in [2.24, 2.45) is 5.92 Å². The molecule has 0 aromatic rings. The lowest BCUT2D eigenvalue weighted by Gasteiger charge is -2.29. The van der Waals surface area contributed by atoms with E-state index in [4.69, 9.17) is 4.74 Å². The highest BCUT2D eigenvalue weighted by molar-refractivity contribution is 4.90. The van der Waals surface area contributed by atoms with Gasteiger partial charge >= 0.3 is 0 Å². The predicted octanol–water partition coefficient (Wildman–Crippen LogP) is 3.38. The van der Waals surface area contributed by atoms with Crippen molar-refractivity contribution in [1.29, 1.82) is 0 Å². The fourth-order valence-corrected chi connectivity index (χ4v) is 2.34. The number of hydrogen-bond donors (Lipinski definition) is 0. The topological polar surface area (TPSA) is 9.23 Å². The van der Waals surface area contributed by atoms with Crippen LogP contribution in [0.25, 0.3) is 0 Å². The second-order valence-electron chi connectivity index (χ2n) is 5.41. The van der Waals surface area contributed by atoms with Crippen molar-refractivity contribution in [1.82, 2.24) is 0 Å². The minimum atomic E-state index is 0.115. The summed E-state index contributed by atoms with van der Waals surface area (Å²) in [4.78, 5) is 0. The maximum absolute atomic E-state index is 6.05. The van der Waals surface area contributed by atoms with E-state index < -0.39 is 0 Å². The van der Waals surface area contributed by atoms with Gasteiger partial charge < -0.3 is 4.74 Å². The lowest BCUT2D eigenvalue weighted by Crippen LogP contribution is -2.30. The summed E-state index contributed by atoms with van der Waals surface area (Å²) in [7, 11) is 0. The summed E-state index contributed by atoms with van der Waals surface area (Å²) >= 11 is 0. The summed E-state index contributed by atoms with van der Waals surface area (Å²) in [5.74, 6) is 0.740. The molecule has 1 heteroatoms. The van der Waals surface area contributed by atoms with Crippen molar-refractivity contribution in [3.63, 3.8) is 0 Å². The zero-order valence-electron chi connectivity index (χ0n) is 9.11. The number of rotatable bonds is 2. The molecular weight excluding hydrogens is 148 g/mol. The first-order valence-corrected chi connectivity index (χ1v) is 5.03. The molecule has 0 spiro atoms. The Morgan fingerprint density at radius 1 is 1.17 bits per heavy atom. The molecule has 0 aliphatic carbocycles. The van der Waals surface area contributed by atoms with Gasteiger partial charge in [-0.3, -0.25) is 0 Å². The standard InChI is InChI=1S/C11H22O/c1-9(2)8-11(5)7-6-10(3,4)12-11/h9H,6-8H2,1-5H3. The molecule has 1 fully saturated rings. The Morgan fingerprint density at radius 2 is 1.75 bits per heavy atom. The molecule has 1 rings (SSSR count). The van der Waals surface area contributed by atoms with Crippen LogP contribution in [0, 0.1) is 5.92 Å². The Bertz CT molecular complexity index is 160. The Labute approximate surface area is 76.5 Å². The zero-order valence-corrected chi connectivity index (χ0v) is 9.11. The van der Waals surface area contributed by atoms with Crippen molar-refractivity contribution in [2.45, 2.75) is 65.1 Å². The summed E-state index contributed by atoms with van der Waals surface area (Å²) in [6, 6.07) is 0. The fourth-order valence-electron chi connectivity index (χ4n) is 2.34. The van der Waals surface area contributed by atoms with Crippen LogP contribution in [-0.2, 0) is 4.74 Å². The van der Waals surface area contributed by atoms with E-state index >= 15 is 0 Å². The van der Waals surface area contributed by atoms with Gasteiger partial charge in [-0.1, -0.05) is 13.8 Å². The molecule has 0 saturated carbocycles. The lowest BCUT2D eigenvalue weighted by molar-refractivity contribution is -0.0842. The predicted molar refractivity (Wildman–Crippen MR) is 52.3 cm³/mol. The average molecular weight is 170 g/mol. The highest BCUT2D eigenvalue weighted by Gasteiger charge is 2.40. The lowest BCUT2D eigenvalue weighted by atomic mass is 9.91. The monoisotopic (exact) mass is 170 g/mol. The summed E-state index contributed by atoms with van der Waals surface area (Å²) in [5.41, 5.74) is 0.265. The van der Waals surface area contributed by atoms with E-state index in [9.17, 15) is 0 Å². The minimum Gasteiger partial charge on any atom is -0.369 e. The largest absolute Gasteiger partial charge is 0.369 e. The smallest absolute Gasteiger partial charge is 0.0665 e. The van der Waals surface area contributed by atoms with Gasteiger partial charge in [0.2, 0.25) is 0 Å². The first kappa shape index (κ1) is 10.0. The van der Waals surface area contributed by atoms with Gasteiger partial charge in [0.15, 0.2) is 0 Å². The molecule has 72 valence electrons. The van der Waals surface area contributed by atoms with E-state index in [0.29, 0.717) is 0 Å². The second kappa shape index (κ2) is 3.02. The van der Waals surface area contributed by atoms with Crippen LogP contribution in [0.4, 0.5) is 0 Å². The van der Waals surface area contributed by atoms with Crippen molar-refractivity contribution >= 4 is 0 Å². The van der Waals surface area contributed by atoms with E-state index in [0.717, 1.165) is 5.92 Å². The Kier molecular flexibility index (Phi) is 2.53. The Morgan fingerprint density at radius 3 is 2.08 bits per heavy atom. The molecule has 0 amide bonds. The molecule has 0 N–H and O–H groups in total. The molecule has 1 nitrogen and oxygen atoms in total. The highest BCUT2D eigenvalue weighted by atomic mass is 16.5. The third-order valence-corrected chi connectivity index (χ3v) is 2.62. The summed E-state index contributed by atoms with van der Waals surface area (Å²) in [5, 5.41) is 0. The zero-order chi connectivity index (χ0) is 9.41. The van der Waals surface area contributed by atoms with Gasteiger partial charge in [-0.15, -0.1) is 0 Å². The third-order valence-electron chi connectivity index (χ3n) is 2.62. The minimum absolute atomic E-state index is 0.115. The molecule has 12 heavy (non-hydrogen) atoms. The molecule has 0 bridgehead atoms. The Hall–Kier alpha value is -0.0400. The van der Waals surface area contributed by atoms with E-state index in [2.05, 4.69) is 34.6 Å². The first-order valence-electron chi connectivity index (χ1n) is 5.03. The van der Waals surface area contributed by atoms with Gasteiger partial charge in [-0.05, 0) is 46.0 Å². The van der Waals surface area contributed by atoms with Crippen molar-refractivity contribution in [3.8, 4) is 0 Å². The molecule has 0 aromatic heterocycles. The molecule has 1 unspecified atom stereocenters.